The normalized spacial score (nSPS) is 14.6. The van der Waals surface area contributed by atoms with Gasteiger partial charge in [0, 0.05) is 35.1 Å². The molecule has 1 fully saturated rings. The van der Waals surface area contributed by atoms with Gasteiger partial charge in [0.1, 0.15) is 0 Å². The highest BCUT2D eigenvalue weighted by molar-refractivity contribution is 7.03. The molecule has 1 aromatic carbocycles. The fourth-order valence-electron chi connectivity index (χ4n) is 2.76. The number of nitrogens with zero attached hydrogens (tertiary/aromatic N) is 3. The van der Waals surface area contributed by atoms with Crippen LogP contribution in [0.5, 0.6) is 0 Å². The molecule has 4 rings (SSSR count). The zero-order valence-corrected chi connectivity index (χ0v) is 12.9. The van der Waals surface area contributed by atoms with Gasteiger partial charge in [-0.2, -0.15) is 0 Å². The van der Waals surface area contributed by atoms with Gasteiger partial charge in [-0.05, 0) is 42.2 Å². The molecule has 2 aromatic heterocycles. The lowest BCUT2D eigenvalue weighted by Gasteiger charge is -2.15. The SMILES string of the molecule is Cc1cc(-c2cnsc2)nc2cc(N3CCNC3=O)ccc12. The summed E-state index contributed by atoms with van der Waals surface area (Å²) in [5.74, 6) is 0. The van der Waals surface area contributed by atoms with Crippen LogP contribution < -0.4 is 10.2 Å². The number of aromatic nitrogens is 2. The summed E-state index contributed by atoms with van der Waals surface area (Å²) in [5, 5.41) is 5.92. The van der Waals surface area contributed by atoms with E-state index in [1.54, 1.807) is 4.90 Å². The van der Waals surface area contributed by atoms with E-state index in [0.29, 0.717) is 13.1 Å². The highest BCUT2D eigenvalue weighted by Gasteiger charge is 2.21. The van der Waals surface area contributed by atoms with Crippen molar-refractivity contribution < 1.29 is 4.79 Å². The smallest absolute Gasteiger partial charge is 0.321 e. The van der Waals surface area contributed by atoms with Crippen molar-refractivity contribution in [2.75, 3.05) is 18.0 Å². The molecule has 0 aliphatic carbocycles. The minimum Gasteiger partial charge on any atom is -0.336 e. The fourth-order valence-corrected chi connectivity index (χ4v) is 3.29. The Balaban J connectivity index is 1.85. The Hall–Kier alpha value is -2.47. The molecular weight excluding hydrogens is 296 g/mol. The molecule has 0 radical (unpaired) electrons. The Kier molecular flexibility index (Phi) is 3.04. The number of pyridine rings is 1. The van der Waals surface area contributed by atoms with Gasteiger partial charge < -0.3 is 5.32 Å². The van der Waals surface area contributed by atoms with Crippen molar-refractivity contribution in [1.29, 1.82) is 0 Å². The summed E-state index contributed by atoms with van der Waals surface area (Å²) in [7, 11) is 0. The Morgan fingerprint density at radius 2 is 2.23 bits per heavy atom. The van der Waals surface area contributed by atoms with Gasteiger partial charge in [0.15, 0.2) is 0 Å². The number of nitrogens with one attached hydrogen (secondary N) is 1. The third kappa shape index (κ3) is 2.12. The number of carbonyl (C=O) groups is 1. The topological polar surface area (TPSA) is 58.1 Å². The number of rotatable bonds is 2. The maximum Gasteiger partial charge on any atom is 0.321 e. The van der Waals surface area contributed by atoms with Crippen LogP contribution in [0.4, 0.5) is 10.5 Å². The van der Waals surface area contributed by atoms with Crippen LogP contribution in [0.15, 0.2) is 35.8 Å². The number of amides is 2. The van der Waals surface area contributed by atoms with Gasteiger partial charge in [-0.1, -0.05) is 6.07 Å². The molecule has 2 amide bonds. The maximum atomic E-state index is 11.8. The molecule has 1 saturated heterocycles. The summed E-state index contributed by atoms with van der Waals surface area (Å²) in [5.41, 5.74) is 4.90. The van der Waals surface area contributed by atoms with Crippen molar-refractivity contribution in [3.63, 3.8) is 0 Å². The Bertz CT molecular complexity index is 860. The van der Waals surface area contributed by atoms with E-state index in [9.17, 15) is 4.79 Å². The number of urea groups is 1. The van der Waals surface area contributed by atoms with E-state index in [4.69, 9.17) is 4.98 Å². The lowest BCUT2D eigenvalue weighted by Crippen LogP contribution is -2.27. The highest BCUT2D eigenvalue weighted by Crippen LogP contribution is 2.28. The van der Waals surface area contributed by atoms with Gasteiger partial charge in [-0.3, -0.25) is 4.90 Å². The average molecular weight is 310 g/mol. The molecule has 5 nitrogen and oxygen atoms in total. The summed E-state index contributed by atoms with van der Waals surface area (Å²) < 4.78 is 4.14. The van der Waals surface area contributed by atoms with E-state index < -0.39 is 0 Å². The van der Waals surface area contributed by atoms with E-state index >= 15 is 0 Å². The predicted molar refractivity (Wildman–Crippen MR) is 88.3 cm³/mol. The molecule has 0 atom stereocenters. The summed E-state index contributed by atoms with van der Waals surface area (Å²) in [6, 6.07) is 8.03. The largest absolute Gasteiger partial charge is 0.336 e. The number of fused-ring (bicyclic) bond motifs is 1. The van der Waals surface area contributed by atoms with Crippen LogP contribution in [-0.2, 0) is 0 Å². The van der Waals surface area contributed by atoms with Crippen LogP contribution in [0.2, 0.25) is 0 Å². The van der Waals surface area contributed by atoms with E-state index in [1.807, 2.05) is 29.8 Å². The van der Waals surface area contributed by atoms with Crippen LogP contribution >= 0.6 is 11.5 Å². The molecule has 1 aliphatic heterocycles. The predicted octanol–water partition coefficient (Wildman–Crippen LogP) is 3.20. The molecule has 0 saturated carbocycles. The molecule has 1 N–H and O–H groups in total. The second-order valence-corrected chi connectivity index (χ2v) is 5.98. The first-order valence-electron chi connectivity index (χ1n) is 7.09. The van der Waals surface area contributed by atoms with Crippen LogP contribution in [0, 0.1) is 6.92 Å². The van der Waals surface area contributed by atoms with Crippen LogP contribution in [0.25, 0.3) is 22.2 Å². The quantitative estimate of drug-likeness (QED) is 0.791. The minimum atomic E-state index is -0.0470. The molecule has 1 aliphatic rings. The fraction of sp³-hybridized carbons (Fsp3) is 0.188. The van der Waals surface area contributed by atoms with E-state index in [2.05, 4.69) is 22.7 Å². The number of aryl methyl sites for hydroxylation is 1. The van der Waals surface area contributed by atoms with Crippen molar-refractivity contribution in [1.82, 2.24) is 14.7 Å². The number of hydrogen-bond acceptors (Lipinski definition) is 4. The van der Waals surface area contributed by atoms with Gasteiger partial charge in [-0.15, -0.1) is 0 Å². The molecule has 110 valence electrons. The van der Waals surface area contributed by atoms with E-state index in [0.717, 1.165) is 27.8 Å². The monoisotopic (exact) mass is 310 g/mol. The maximum absolute atomic E-state index is 11.8. The molecule has 6 heteroatoms. The first-order chi connectivity index (χ1) is 10.7. The molecule has 3 heterocycles. The van der Waals surface area contributed by atoms with E-state index in [1.165, 1.54) is 17.1 Å². The number of hydrogen-bond donors (Lipinski definition) is 1. The van der Waals surface area contributed by atoms with Gasteiger partial charge in [0.05, 0.1) is 17.4 Å². The van der Waals surface area contributed by atoms with Crippen molar-refractivity contribution in [2.24, 2.45) is 0 Å². The van der Waals surface area contributed by atoms with Crippen molar-refractivity contribution >= 4 is 34.2 Å². The minimum absolute atomic E-state index is 0.0470. The summed E-state index contributed by atoms with van der Waals surface area (Å²) >= 11 is 1.42. The van der Waals surface area contributed by atoms with Crippen LogP contribution in [-0.4, -0.2) is 28.5 Å². The van der Waals surface area contributed by atoms with Crippen molar-refractivity contribution in [2.45, 2.75) is 6.92 Å². The van der Waals surface area contributed by atoms with Gasteiger partial charge >= 0.3 is 6.03 Å². The highest BCUT2D eigenvalue weighted by atomic mass is 32.1. The van der Waals surface area contributed by atoms with Crippen LogP contribution in [0.1, 0.15) is 5.56 Å². The molecule has 3 aromatic rings. The average Bonchev–Trinajstić information content (AvgIpc) is 3.17. The summed E-state index contributed by atoms with van der Waals surface area (Å²) in [6.45, 7) is 3.46. The van der Waals surface area contributed by atoms with Gasteiger partial charge in [0.25, 0.3) is 0 Å². The first kappa shape index (κ1) is 13.2. The molecule has 0 bridgehead atoms. The lowest BCUT2D eigenvalue weighted by atomic mass is 10.1. The zero-order valence-electron chi connectivity index (χ0n) is 12.0. The third-order valence-corrected chi connectivity index (χ3v) is 4.48. The number of benzene rings is 1. The molecule has 0 spiro atoms. The van der Waals surface area contributed by atoms with E-state index in [-0.39, 0.29) is 6.03 Å². The zero-order chi connectivity index (χ0) is 15.1. The second-order valence-electron chi connectivity index (χ2n) is 5.32. The standard InChI is InChI=1S/C16H14N4OS/c1-10-6-14(11-8-18-22-9-11)19-15-7-12(2-3-13(10)15)20-5-4-17-16(20)21/h2-3,6-9H,4-5H2,1H3,(H,17,21). The second kappa shape index (κ2) is 5.06. The molecular formula is C16H14N4OS. The number of carbonyl (C=O) groups excluding carboxylic acids is 1. The lowest BCUT2D eigenvalue weighted by molar-refractivity contribution is 0.252. The summed E-state index contributed by atoms with van der Waals surface area (Å²) in [6.07, 6.45) is 1.83. The first-order valence-corrected chi connectivity index (χ1v) is 7.92. The Morgan fingerprint density at radius 1 is 1.32 bits per heavy atom. The Labute approximate surface area is 131 Å². The third-order valence-electron chi connectivity index (χ3n) is 3.90. The van der Waals surface area contributed by atoms with Gasteiger partial charge in [0.2, 0.25) is 0 Å². The number of anilines is 1. The van der Waals surface area contributed by atoms with Gasteiger partial charge in [-0.25, -0.2) is 14.2 Å². The van der Waals surface area contributed by atoms with Crippen molar-refractivity contribution in [3.05, 3.63) is 41.4 Å². The van der Waals surface area contributed by atoms with Crippen molar-refractivity contribution in [3.8, 4) is 11.3 Å². The molecule has 0 unspecified atom stereocenters. The summed E-state index contributed by atoms with van der Waals surface area (Å²) in [4.78, 5) is 18.3. The van der Waals surface area contributed by atoms with Crippen LogP contribution in [0.3, 0.4) is 0 Å². The Morgan fingerprint density at radius 3 is 2.95 bits per heavy atom. The molecule has 22 heavy (non-hydrogen) atoms.